The van der Waals surface area contributed by atoms with Crippen LogP contribution < -0.4 is 0 Å². The summed E-state index contributed by atoms with van der Waals surface area (Å²) >= 11 is 0. The van der Waals surface area contributed by atoms with Crippen molar-refractivity contribution in [3.8, 4) is 28.2 Å². The molecule has 0 bridgehead atoms. The number of hydrogen-bond donors (Lipinski definition) is 0. The van der Waals surface area contributed by atoms with Gasteiger partial charge in [0.1, 0.15) is 11.2 Å². The second kappa shape index (κ2) is 11.8. The molecule has 4 heteroatoms. The predicted octanol–water partition coefficient (Wildman–Crippen LogP) is 14.5. The average molecular weight is 740 g/mol. The van der Waals surface area contributed by atoms with Crippen LogP contribution in [-0.4, -0.2) is 13.7 Å². The lowest BCUT2D eigenvalue weighted by Gasteiger charge is -2.13. The highest BCUT2D eigenvalue weighted by Crippen LogP contribution is 2.44. The molecule has 4 nitrogen and oxygen atoms in total. The van der Waals surface area contributed by atoms with E-state index < -0.39 is 0 Å². The Kier molecular flexibility index (Phi) is 6.41. The molecule has 4 aromatic heterocycles. The largest absolute Gasteiger partial charge is 0.456 e. The summed E-state index contributed by atoms with van der Waals surface area (Å²) in [5.74, 6) is 0. The second-order valence-corrected chi connectivity index (χ2v) is 15.3. The number of benzene rings is 9. The van der Waals surface area contributed by atoms with Gasteiger partial charge in [-0.25, -0.2) is 0 Å². The van der Waals surface area contributed by atoms with Crippen molar-refractivity contribution in [1.29, 1.82) is 0 Å². The zero-order chi connectivity index (χ0) is 37.9. The van der Waals surface area contributed by atoms with Gasteiger partial charge < -0.3 is 18.1 Å². The fraction of sp³-hybridized carbons (Fsp3) is 0. The van der Waals surface area contributed by atoms with Gasteiger partial charge >= 0.3 is 0 Å². The van der Waals surface area contributed by atoms with Gasteiger partial charge in [-0.2, -0.15) is 0 Å². The highest BCUT2D eigenvalue weighted by Gasteiger charge is 2.22. The molecule has 0 saturated carbocycles. The maximum absolute atomic E-state index is 6.65. The molecule has 4 heterocycles. The first-order valence-electron chi connectivity index (χ1n) is 19.9. The zero-order valence-electron chi connectivity index (χ0n) is 31.3. The Hall–Kier alpha value is -7.82. The van der Waals surface area contributed by atoms with Crippen molar-refractivity contribution in [2.45, 2.75) is 0 Å². The van der Waals surface area contributed by atoms with Crippen molar-refractivity contribution in [2.75, 3.05) is 0 Å². The minimum Gasteiger partial charge on any atom is -0.456 e. The zero-order valence-corrected chi connectivity index (χ0v) is 31.3. The van der Waals surface area contributed by atoms with Crippen LogP contribution in [0.5, 0.6) is 0 Å². The minimum absolute atomic E-state index is 0.872. The lowest BCUT2D eigenvalue weighted by Crippen LogP contribution is -1.98. The third-order valence-electron chi connectivity index (χ3n) is 12.2. The molecule has 0 aliphatic heterocycles. The fourth-order valence-corrected chi connectivity index (χ4v) is 9.80. The van der Waals surface area contributed by atoms with E-state index >= 15 is 0 Å². The van der Waals surface area contributed by atoms with Crippen LogP contribution in [0.15, 0.2) is 205 Å². The van der Waals surface area contributed by atoms with Gasteiger partial charge in [0, 0.05) is 60.2 Å². The Balaban J connectivity index is 1.09. The maximum atomic E-state index is 6.65. The molecule has 270 valence electrons. The summed E-state index contributed by atoms with van der Waals surface area (Å²) in [6.07, 6.45) is 0. The van der Waals surface area contributed by atoms with Crippen LogP contribution in [0.25, 0.3) is 116 Å². The van der Waals surface area contributed by atoms with E-state index in [2.05, 4.69) is 214 Å². The van der Waals surface area contributed by atoms with Gasteiger partial charge in [0.05, 0.1) is 33.1 Å². The third-order valence-corrected chi connectivity index (χ3v) is 12.2. The molecule has 0 aliphatic rings. The maximum Gasteiger partial charge on any atom is 0.136 e. The molecule has 0 atom stereocenters. The monoisotopic (exact) mass is 739 g/mol. The molecule has 9 aromatic carbocycles. The number of furan rings is 1. The molecule has 13 aromatic rings. The van der Waals surface area contributed by atoms with Gasteiger partial charge in [-0.05, 0) is 90.0 Å². The van der Waals surface area contributed by atoms with E-state index in [1.54, 1.807) is 0 Å². The molecule has 13 rings (SSSR count). The Morgan fingerprint density at radius 3 is 1.48 bits per heavy atom. The van der Waals surface area contributed by atoms with E-state index in [0.717, 1.165) is 50.1 Å². The topological polar surface area (TPSA) is 27.9 Å². The predicted molar refractivity (Wildman–Crippen MR) is 242 cm³/mol. The first kappa shape index (κ1) is 31.4. The van der Waals surface area contributed by atoms with Crippen LogP contribution in [0, 0.1) is 0 Å². The number of aromatic nitrogens is 3. The summed E-state index contributed by atoms with van der Waals surface area (Å²) in [6.45, 7) is 0. The van der Waals surface area contributed by atoms with Crippen LogP contribution >= 0.6 is 0 Å². The molecule has 0 N–H and O–H groups in total. The molecule has 0 saturated heterocycles. The highest BCUT2D eigenvalue weighted by molar-refractivity contribution is 6.24. The van der Waals surface area contributed by atoms with Gasteiger partial charge in [0.25, 0.3) is 0 Å². The lowest BCUT2D eigenvalue weighted by atomic mass is 9.97. The first-order chi connectivity index (χ1) is 28.8. The number of hydrogen-bond acceptors (Lipinski definition) is 1. The quantitative estimate of drug-likeness (QED) is 0.177. The van der Waals surface area contributed by atoms with Crippen LogP contribution in [0.1, 0.15) is 0 Å². The number of nitrogens with zero attached hydrogens (tertiary/aromatic N) is 3. The molecular weight excluding hydrogens is 707 g/mol. The molecular formula is C54H33N3O. The average Bonchev–Trinajstić information content (AvgIpc) is 4.03. The summed E-state index contributed by atoms with van der Waals surface area (Å²) < 4.78 is 13.9. The van der Waals surface area contributed by atoms with Crippen molar-refractivity contribution >= 4 is 87.4 Å². The Morgan fingerprint density at radius 1 is 0.293 bits per heavy atom. The van der Waals surface area contributed by atoms with Gasteiger partial charge in [-0.15, -0.1) is 0 Å². The van der Waals surface area contributed by atoms with E-state index in [0.29, 0.717) is 0 Å². The van der Waals surface area contributed by atoms with E-state index in [-0.39, 0.29) is 0 Å². The molecule has 0 amide bonds. The van der Waals surface area contributed by atoms with Crippen molar-refractivity contribution in [3.05, 3.63) is 200 Å². The first-order valence-corrected chi connectivity index (χ1v) is 19.9. The number of rotatable bonds is 4. The van der Waals surface area contributed by atoms with Crippen molar-refractivity contribution in [1.82, 2.24) is 13.7 Å². The van der Waals surface area contributed by atoms with Gasteiger partial charge in [-0.3, -0.25) is 0 Å². The SMILES string of the molecule is c1ccc(-n2c3ccccc3c3cc(-c4cccc5oc6ccc(-n7c8ccccc8c8ccc9c%10ccccc%10n(-c%10ccccc%10)c9c87)cc6c45)ccc32)cc1. The summed E-state index contributed by atoms with van der Waals surface area (Å²) in [6, 6.07) is 72.4. The molecule has 0 spiro atoms. The van der Waals surface area contributed by atoms with Crippen LogP contribution in [-0.2, 0) is 0 Å². The highest BCUT2D eigenvalue weighted by atomic mass is 16.3. The van der Waals surface area contributed by atoms with Crippen LogP contribution in [0.3, 0.4) is 0 Å². The molecule has 0 unspecified atom stereocenters. The van der Waals surface area contributed by atoms with Gasteiger partial charge in [0.2, 0.25) is 0 Å². The summed E-state index contributed by atoms with van der Waals surface area (Å²) in [5.41, 5.74) is 14.6. The molecule has 0 fully saturated rings. The Labute approximate surface area is 332 Å². The van der Waals surface area contributed by atoms with Crippen LogP contribution in [0.2, 0.25) is 0 Å². The Morgan fingerprint density at radius 2 is 0.828 bits per heavy atom. The lowest BCUT2D eigenvalue weighted by molar-refractivity contribution is 0.669. The Bertz CT molecular complexity index is 3790. The van der Waals surface area contributed by atoms with Crippen molar-refractivity contribution in [2.24, 2.45) is 0 Å². The second-order valence-electron chi connectivity index (χ2n) is 15.3. The van der Waals surface area contributed by atoms with E-state index in [9.17, 15) is 0 Å². The summed E-state index contributed by atoms with van der Waals surface area (Å²) in [4.78, 5) is 0. The number of para-hydroxylation sites is 5. The van der Waals surface area contributed by atoms with E-state index in [4.69, 9.17) is 4.42 Å². The molecule has 0 radical (unpaired) electrons. The number of fused-ring (bicyclic) bond motifs is 13. The van der Waals surface area contributed by atoms with Gasteiger partial charge in [-0.1, -0.05) is 121 Å². The standard InChI is InChI=1S/C54H33N3O/c1-3-14-35(15-4-1)55-46-22-10-9-20-41(46)44-32-34(26-30-49(44)55)38-21-13-25-51-52(38)45-33-37(27-31-50(45)58-51)57-48-24-12-8-19-40(48)43-29-28-42-39-18-7-11-23-47(39)56(53(42)54(43)57)36-16-5-2-6-17-36/h1-33H. The summed E-state index contributed by atoms with van der Waals surface area (Å²) in [5, 5.41) is 9.60. The van der Waals surface area contributed by atoms with E-state index in [1.165, 1.54) is 65.4 Å². The summed E-state index contributed by atoms with van der Waals surface area (Å²) in [7, 11) is 0. The molecule has 0 aliphatic carbocycles. The van der Waals surface area contributed by atoms with E-state index in [1.807, 2.05) is 0 Å². The van der Waals surface area contributed by atoms with Crippen LogP contribution in [0.4, 0.5) is 0 Å². The smallest absolute Gasteiger partial charge is 0.136 e. The third kappa shape index (κ3) is 4.29. The normalized spacial score (nSPS) is 12.1. The minimum atomic E-state index is 0.872. The molecule has 58 heavy (non-hydrogen) atoms. The van der Waals surface area contributed by atoms with Crippen molar-refractivity contribution in [3.63, 3.8) is 0 Å². The fourth-order valence-electron chi connectivity index (χ4n) is 9.80. The van der Waals surface area contributed by atoms with Gasteiger partial charge in [0.15, 0.2) is 0 Å². The van der Waals surface area contributed by atoms with Crippen molar-refractivity contribution < 1.29 is 4.42 Å².